The van der Waals surface area contributed by atoms with E-state index in [4.69, 9.17) is 11.6 Å². The third kappa shape index (κ3) is 3.08. The van der Waals surface area contributed by atoms with Crippen molar-refractivity contribution in [3.63, 3.8) is 0 Å². The van der Waals surface area contributed by atoms with Crippen LogP contribution in [0.25, 0.3) is 0 Å². The summed E-state index contributed by atoms with van der Waals surface area (Å²) in [6.45, 7) is 1.72. The number of nitrogens with one attached hydrogen (secondary N) is 1. The molecule has 0 radical (unpaired) electrons. The lowest BCUT2D eigenvalue weighted by atomic mass is 10.3. The monoisotopic (exact) mass is 330 g/mol. The second-order valence-electron chi connectivity index (χ2n) is 4.67. The van der Waals surface area contributed by atoms with Crippen LogP contribution in [0, 0.1) is 6.92 Å². The predicted molar refractivity (Wildman–Crippen MR) is 80.1 cm³/mol. The summed E-state index contributed by atoms with van der Waals surface area (Å²) in [6, 6.07) is 1.59. The summed E-state index contributed by atoms with van der Waals surface area (Å²) >= 11 is 5.94. The van der Waals surface area contributed by atoms with Crippen molar-refractivity contribution in [3.05, 3.63) is 23.2 Å². The van der Waals surface area contributed by atoms with Crippen LogP contribution in [0.3, 0.4) is 0 Å². The highest BCUT2D eigenvalue weighted by molar-refractivity contribution is 7.92. The van der Waals surface area contributed by atoms with Gasteiger partial charge in [-0.1, -0.05) is 11.6 Å². The van der Waals surface area contributed by atoms with Crippen LogP contribution in [0.2, 0.25) is 5.15 Å². The minimum Gasteiger partial charge on any atom is -0.360 e. The number of sulfonamides is 1. The summed E-state index contributed by atoms with van der Waals surface area (Å²) in [4.78, 5) is 5.47. The highest BCUT2D eigenvalue weighted by Crippen LogP contribution is 2.26. The van der Waals surface area contributed by atoms with E-state index in [-0.39, 0.29) is 10.2 Å². The average Bonchev–Trinajstić information content (AvgIpc) is 2.69. The molecule has 0 aromatic carbocycles. The molecule has 0 aliphatic rings. The molecular weight excluding hydrogens is 316 g/mol. The van der Waals surface area contributed by atoms with Gasteiger partial charge in [0.2, 0.25) is 5.03 Å². The zero-order chi connectivity index (χ0) is 15.8. The van der Waals surface area contributed by atoms with Gasteiger partial charge in [-0.15, -0.1) is 5.10 Å². The number of nitrogens with zero attached hydrogens (tertiary/aromatic N) is 5. The number of rotatable bonds is 4. The molecule has 0 amide bonds. The van der Waals surface area contributed by atoms with E-state index in [1.807, 2.05) is 0 Å². The molecule has 0 aliphatic heterocycles. The van der Waals surface area contributed by atoms with Crippen molar-refractivity contribution in [2.75, 3.05) is 23.7 Å². The van der Waals surface area contributed by atoms with Crippen LogP contribution in [-0.4, -0.2) is 42.3 Å². The smallest absolute Gasteiger partial charge is 0.282 e. The number of imidazole rings is 1. The Morgan fingerprint density at radius 1 is 1.33 bits per heavy atom. The lowest BCUT2D eigenvalue weighted by Gasteiger charge is -2.16. The average molecular weight is 331 g/mol. The number of hydrogen-bond acceptors (Lipinski definition) is 6. The molecule has 114 valence electrons. The molecular formula is C11H15ClN6O2S. The molecule has 8 nitrogen and oxygen atoms in total. The number of halogens is 1. The number of aryl methyl sites for hydroxylation is 2. The maximum absolute atomic E-state index is 12.4. The van der Waals surface area contributed by atoms with Crippen LogP contribution in [-0.2, 0) is 17.1 Å². The Kier molecular flexibility index (Phi) is 4.06. The summed E-state index contributed by atoms with van der Waals surface area (Å²) in [5.74, 6) is 0.399. The van der Waals surface area contributed by atoms with Crippen molar-refractivity contribution >= 4 is 33.1 Å². The molecule has 0 spiro atoms. The van der Waals surface area contributed by atoms with Gasteiger partial charge in [-0.3, -0.25) is 4.72 Å². The standard InChI is InChI=1S/C11H15ClN6O2S/c1-7-5-8(10(15-14-7)17(2)3)16-21(19,20)11-9(12)18(4)6-13-11/h5-6H,1-4H3,(H,14,16). The summed E-state index contributed by atoms with van der Waals surface area (Å²) in [7, 11) is 1.19. The molecule has 0 unspecified atom stereocenters. The zero-order valence-electron chi connectivity index (χ0n) is 12.0. The van der Waals surface area contributed by atoms with Gasteiger partial charge in [0.1, 0.15) is 5.15 Å². The third-order valence-electron chi connectivity index (χ3n) is 2.65. The minimum atomic E-state index is -3.90. The summed E-state index contributed by atoms with van der Waals surface area (Å²) in [5, 5.41) is 7.69. The SMILES string of the molecule is Cc1cc(NS(=O)(=O)c2ncn(C)c2Cl)c(N(C)C)nn1. The molecule has 10 heteroatoms. The molecule has 2 rings (SSSR count). The molecule has 0 bridgehead atoms. The van der Waals surface area contributed by atoms with E-state index in [1.165, 1.54) is 10.9 Å². The Morgan fingerprint density at radius 3 is 2.52 bits per heavy atom. The predicted octanol–water partition coefficient (Wildman–Crippen LogP) is 1.04. The van der Waals surface area contributed by atoms with E-state index in [2.05, 4.69) is 19.9 Å². The summed E-state index contributed by atoms with van der Waals surface area (Å²) in [5.41, 5.74) is 0.902. The van der Waals surface area contributed by atoms with Crippen molar-refractivity contribution in [3.8, 4) is 0 Å². The second kappa shape index (κ2) is 5.49. The van der Waals surface area contributed by atoms with Crippen molar-refractivity contribution in [1.82, 2.24) is 19.7 Å². The first-order valence-electron chi connectivity index (χ1n) is 5.93. The normalized spacial score (nSPS) is 11.5. The van der Waals surface area contributed by atoms with E-state index in [9.17, 15) is 8.42 Å². The largest absolute Gasteiger partial charge is 0.360 e. The van der Waals surface area contributed by atoms with Crippen LogP contribution in [0.5, 0.6) is 0 Å². The Bertz CT molecular complexity index is 771. The van der Waals surface area contributed by atoms with Crippen molar-refractivity contribution in [2.45, 2.75) is 11.9 Å². The maximum Gasteiger partial charge on any atom is 0.282 e. The van der Waals surface area contributed by atoms with Crippen LogP contribution in [0.1, 0.15) is 5.69 Å². The van der Waals surface area contributed by atoms with E-state index in [0.29, 0.717) is 17.2 Å². The maximum atomic E-state index is 12.4. The van der Waals surface area contributed by atoms with Gasteiger partial charge in [-0.25, -0.2) is 4.98 Å². The van der Waals surface area contributed by atoms with Gasteiger partial charge in [0.15, 0.2) is 5.82 Å². The highest BCUT2D eigenvalue weighted by atomic mass is 35.5. The third-order valence-corrected chi connectivity index (χ3v) is 4.51. The van der Waals surface area contributed by atoms with Gasteiger partial charge >= 0.3 is 0 Å². The molecule has 21 heavy (non-hydrogen) atoms. The molecule has 1 N–H and O–H groups in total. The lowest BCUT2D eigenvalue weighted by molar-refractivity contribution is 0.598. The van der Waals surface area contributed by atoms with Crippen molar-refractivity contribution in [1.29, 1.82) is 0 Å². The number of anilines is 2. The summed E-state index contributed by atoms with van der Waals surface area (Å²) in [6.07, 6.45) is 1.33. The molecule has 2 heterocycles. The van der Waals surface area contributed by atoms with Gasteiger partial charge < -0.3 is 9.47 Å². The fourth-order valence-corrected chi connectivity index (χ4v) is 3.14. The van der Waals surface area contributed by atoms with Crippen LogP contribution < -0.4 is 9.62 Å². The van der Waals surface area contributed by atoms with Gasteiger partial charge in [0.25, 0.3) is 10.0 Å². The topological polar surface area (TPSA) is 93.0 Å². The van der Waals surface area contributed by atoms with E-state index < -0.39 is 10.0 Å². The van der Waals surface area contributed by atoms with Crippen molar-refractivity contribution in [2.24, 2.45) is 7.05 Å². The minimum absolute atomic E-state index is 0.0349. The second-order valence-corrected chi connectivity index (χ2v) is 6.63. The zero-order valence-corrected chi connectivity index (χ0v) is 13.6. The number of hydrogen-bond donors (Lipinski definition) is 1. The van der Waals surface area contributed by atoms with Gasteiger partial charge in [-0.05, 0) is 13.0 Å². The van der Waals surface area contributed by atoms with Crippen LogP contribution in [0.15, 0.2) is 17.4 Å². The number of aromatic nitrogens is 4. The van der Waals surface area contributed by atoms with E-state index >= 15 is 0 Å². The first-order chi connectivity index (χ1) is 9.72. The fraction of sp³-hybridized carbons (Fsp3) is 0.364. The molecule has 0 saturated carbocycles. The lowest BCUT2D eigenvalue weighted by Crippen LogP contribution is -2.19. The molecule has 0 atom stereocenters. The Balaban J connectivity index is 2.46. The molecule has 0 aliphatic carbocycles. The van der Waals surface area contributed by atoms with Gasteiger partial charge in [0, 0.05) is 21.1 Å². The first-order valence-corrected chi connectivity index (χ1v) is 7.80. The van der Waals surface area contributed by atoms with E-state index in [0.717, 1.165) is 0 Å². The highest BCUT2D eigenvalue weighted by Gasteiger charge is 2.24. The Hall–Kier alpha value is -1.87. The molecule has 2 aromatic heterocycles. The Morgan fingerprint density at radius 2 is 2.00 bits per heavy atom. The van der Waals surface area contributed by atoms with Crippen LogP contribution in [0.4, 0.5) is 11.5 Å². The van der Waals surface area contributed by atoms with E-state index in [1.54, 1.807) is 39.0 Å². The van der Waals surface area contributed by atoms with Crippen molar-refractivity contribution < 1.29 is 8.42 Å². The molecule has 0 fully saturated rings. The first kappa shape index (κ1) is 15.5. The fourth-order valence-electron chi connectivity index (χ4n) is 1.66. The van der Waals surface area contributed by atoms with Crippen LogP contribution >= 0.6 is 11.6 Å². The quantitative estimate of drug-likeness (QED) is 0.900. The van der Waals surface area contributed by atoms with Gasteiger partial charge in [-0.2, -0.15) is 13.5 Å². The van der Waals surface area contributed by atoms with Gasteiger partial charge in [0.05, 0.1) is 17.7 Å². The molecule has 0 saturated heterocycles. The summed E-state index contributed by atoms with van der Waals surface area (Å²) < 4.78 is 28.6. The molecule has 2 aromatic rings. The Labute approximate surface area is 127 Å².